The van der Waals surface area contributed by atoms with Crippen molar-refractivity contribution in [2.75, 3.05) is 0 Å². The minimum atomic E-state index is 0.715. The van der Waals surface area contributed by atoms with Gasteiger partial charge >= 0.3 is 0 Å². The van der Waals surface area contributed by atoms with Crippen molar-refractivity contribution < 1.29 is 0 Å². The molecule has 88 valence electrons. The largest absolute Gasteiger partial charge is 0.307 e. The summed E-state index contributed by atoms with van der Waals surface area (Å²) in [5, 5.41) is 4.11. The molecule has 0 aliphatic carbocycles. The molecule has 0 unspecified atom stereocenters. The first kappa shape index (κ1) is 12.0. The van der Waals surface area contributed by atoms with Gasteiger partial charge in [-0.3, -0.25) is 0 Å². The van der Waals surface area contributed by atoms with Crippen LogP contribution in [0.3, 0.4) is 0 Å². The highest BCUT2D eigenvalue weighted by Crippen LogP contribution is 2.17. The van der Waals surface area contributed by atoms with Crippen molar-refractivity contribution in [3.05, 3.63) is 58.6 Å². The number of rotatable bonds is 4. The molecule has 0 saturated carbocycles. The molecular weight excluding hydrogens is 234 g/mol. The Morgan fingerprint density at radius 2 is 2.12 bits per heavy atom. The number of benzene rings is 1. The van der Waals surface area contributed by atoms with Crippen molar-refractivity contribution in [3.63, 3.8) is 0 Å². The van der Waals surface area contributed by atoms with Gasteiger partial charge < -0.3 is 5.32 Å². The number of hydrogen-bond acceptors (Lipinski definition) is 3. The molecule has 3 nitrogen and oxygen atoms in total. The Kier molecular flexibility index (Phi) is 4.07. The van der Waals surface area contributed by atoms with Gasteiger partial charge in [0.05, 0.1) is 5.69 Å². The highest BCUT2D eigenvalue weighted by molar-refractivity contribution is 6.31. The first-order chi connectivity index (χ1) is 8.25. The fraction of sp³-hybridized carbons (Fsp3) is 0.231. The van der Waals surface area contributed by atoms with Crippen LogP contribution in [0.5, 0.6) is 0 Å². The Labute approximate surface area is 106 Å². The molecule has 1 aromatic carbocycles. The lowest BCUT2D eigenvalue weighted by Gasteiger charge is -2.07. The van der Waals surface area contributed by atoms with Crippen LogP contribution >= 0.6 is 11.6 Å². The predicted molar refractivity (Wildman–Crippen MR) is 68.8 cm³/mol. The maximum atomic E-state index is 6.15. The van der Waals surface area contributed by atoms with Gasteiger partial charge in [-0.1, -0.05) is 23.7 Å². The molecule has 0 aliphatic heterocycles. The van der Waals surface area contributed by atoms with Crippen molar-refractivity contribution in [2.45, 2.75) is 20.0 Å². The molecule has 2 aromatic rings. The zero-order valence-electron chi connectivity index (χ0n) is 9.65. The van der Waals surface area contributed by atoms with Crippen LogP contribution in [-0.2, 0) is 13.1 Å². The summed E-state index contributed by atoms with van der Waals surface area (Å²) >= 11 is 6.15. The van der Waals surface area contributed by atoms with Gasteiger partial charge in [0.1, 0.15) is 6.33 Å². The normalized spacial score (nSPS) is 10.5. The van der Waals surface area contributed by atoms with Gasteiger partial charge in [0.2, 0.25) is 0 Å². The van der Waals surface area contributed by atoms with Gasteiger partial charge in [0.15, 0.2) is 0 Å². The van der Waals surface area contributed by atoms with E-state index in [-0.39, 0.29) is 0 Å². The van der Waals surface area contributed by atoms with E-state index in [0.29, 0.717) is 6.54 Å². The number of aromatic nitrogens is 2. The summed E-state index contributed by atoms with van der Waals surface area (Å²) in [6, 6.07) is 7.98. The van der Waals surface area contributed by atoms with Gasteiger partial charge in [-0.25, -0.2) is 9.97 Å². The number of halogens is 1. The summed E-state index contributed by atoms with van der Waals surface area (Å²) < 4.78 is 0. The molecule has 17 heavy (non-hydrogen) atoms. The first-order valence-electron chi connectivity index (χ1n) is 5.46. The summed E-state index contributed by atoms with van der Waals surface area (Å²) in [6.45, 7) is 3.49. The Bertz CT molecular complexity index is 485. The van der Waals surface area contributed by atoms with Gasteiger partial charge in [-0.2, -0.15) is 0 Å². The van der Waals surface area contributed by atoms with E-state index in [1.54, 1.807) is 12.5 Å². The molecule has 0 aliphatic rings. The van der Waals surface area contributed by atoms with E-state index in [2.05, 4.69) is 21.4 Å². The Hall–Kier alpha value is -1.45. The number of nitrogens with zero attached hydrogens (tertiary/aromatic N) is 2. The predicted octanol–water partition coefficient (Wildman–Crippen LogP) is 2.73. The summed E-state index contributed by atoms with van der Waals surface area (Å²) in [4.78, 5) is 8.02. The van der Waals surface area contributed by atoms with Gasteiger partial charge in [0.25, 0.3) is 0 Å². The second-order valence-electron chi connectivity index (χ2n) is 3.90. The van der Waals surface area contributed by atoms with Crippen LogP contribution in [0, 0.1) is 6.92 Å². The Morgan fingerprint density at radius 1 is 1.24 bits per heavy atom. The minimum Gasteiger partial charge on any atom is -0.307 e. The highest BCUT2D eigenvalue weighted by atomic mass is 35.5. The third-order valence-electron chi connectivity index (χ3n) is 2.47. The van der Waals surface area contributed by atoms with Crippen LogP contribution in [0.2, 0.25) is 5.02 Å². The van der Waals surface area contributed by atoms with Crippen molar-refractivity contribution in [1.29, 1.82) is 0 Å². The number of nitrogens with one attached hydrogen (secondary N) is 1. The van der Waals surface area contributed by atoms with Crippen LogP contribution in [0.25, 0.3) is 0 Å². The smallest absolute Gasteiger partial charge is 0.115 e. The van der Waals surface area contributed by atoms with E-state index in [1.807, 2.05) is 25.1 Å². The van der Waals surface area contributed by atoms with Gasteiger partial charge in [0, 0.05) is 24.3 Å². The highest BCUT2D eigenvalue weighted by Gasteiger charge is 2.00. The molecule has 0 atom stereocenters. The average molecular weight is 248 g/mol. The zero-order valence-corrected chi connectivity index (χ0v) is 10.4. The number of hydrogen-bond donors (Lipinski definition) is 1. The van der Waals surface area contributed by atoms with E-state index >= 15 is 0 Å². The lowest BCUT2D eigenvalue weighted by atomic mass is 10.1. The van der Waals surface area contributed by atoms with E-state index in [0.717, 1.165) is 22.8 Å². The number of aryl methyl sites for hydroxylation is 1. The van der Waals surface area contributed by atoms with Crippen LogP contribution in [-0.4, -0.2) is 9.97 Å². The topological polar surface area (TPSA) is 37.8 Å². The minimum absolute atomic E-state index is 0.715. The third-order valence-corrected chi connectivity index (χ3v) is 2.83. The van der Waals surface area contributed by atoms with E-state index < -0.39 is 0 Å². The summed E-state index contributed by atoms with van der Waals surface area (Å²) in [5.74, 6) is 0. The van der Waals surface area contributed by atoms with E-state index in [9.17, 15) is 0 Å². The summed E-state index contributed by atoms with van der Waals surface area (Å²) in [6.07, 6.45) is 3.29. The standard InChI is InChI=1S/C13H14ClN3/c1-10-2-3-11(13(14)6-10)7-16-8-12-4-5-15-9-17-12/h2-6,9,16H,7-8H2,1H3. The van der Waals surface area contributed by atoms with Crippen LogP contribution in [0.1, 0.15) is 16.8 Å². The average Bonchev–Trinajstić information content (AvgIpc) is 2.33. The summed E-state index contributed by atoms with van der Waals surface area (Å²) in [5.41, 5.74) is 3.25. The molecule has 2 rings (SSSR count). The van der Waals surface area contributed by atoms with Crippen LogP contribution < -0.4 is 5.32 Å². The lowest BCUT2D eigenvalue weighted by Crippen LogP contribution is -2.14. The van der Waals surface area contributed by atoms with Crippen LogP contribution in [0.4, 0.5) is 0 Å². The maximum absolute atomic E-state index is 6.15. The quantitative estimate of drug-likeness (QED) is 0.903. The fourth-order valence-corrected chi connectivity index (χ4v) is 1.85. The van der Waals surface area contributed by atoms with Gasteiger partial charge in [-0.05, 0) is 30.2 Å². The molecule has 1 aromatic heterocycles. The van der Waals surface area contributed by atoms with Crippen LogP contribution in [0.15, 0.2) is 36.8 Å². The van der Waals surface area contributed by atoms with Crippen molar-refractivity contribution in [3.8, 4) is 0 Å². The second-order valence-corrected chi connectivity index (χ2v) is 4.31. The second kappa shape index (κ2) is 5.75. The maximum Gasteiger partial charge on any atom is 0.115 e. The van der Waals surface area contributed by atoms with Crippen molar-refractivity contribution >= 4 is 11.6 Å². The van der Waals surface area contributed by atoms with Crippen molar-refractivity contribution in [1.82, 2.24) is 15.3 Å². The first-order valence-corrected chi connectivity index (χ1v) is 5.84. The SMILES string of the molecule is Cc1ccc(CNCc2ccncn2)c(Cl)c1. The molecule has 0 radical (unpaired) electrons. The fourth-order valence-electron chi connectivity index (χ4n) is 1.54. The molecule has 4 heteroatoms. The molecule has 0 bridgehead atoms. The van der Waals surface area contributed by atoms with E-state index in [1.165, 1.54) is 5.56 Å². The molecule has 0 spiro atoms. The molecule has 0 saturated heterocycles. The molecule has 0 amide bonds. The third kappa shape index (κ3) is 3.51. The Balaban J connectivity index is 1.90. The monoisotopic (exact) mass is 247 g/mol. The zero-order chi connectivity index (χ0) is 12.1. The molecular formula is C13H14ClN3. The van der Waals surface area contributed by atoms with Crippen molar-refractivity contribution in [2.24, 2.45) is 0 Å². The molecule has 1 heterocycles. The Morgan fingerprint density at radius 3 is 2.82 bits per heavy atom. The lowest BCUT2D eigenvalue weighted by molar-refractivity contribution is 0.678. The molecule has 0 fully saturated rings. The molecule has 1 N–H and O–H groups in total. The summed E-state index contributed by atoms with van der Waals surface area (Å²) in [7, 11) is 0. The van der Waals surface area contributed by atoms with Gasteiger partial charge in [-0.15, -0.1) is 0 Å². The van der Waals surface area contributed by atoms with E-state index in [4.69, 9.17) is 11.6 Å².